The van der Waals surface area contributed by atoms with Gasteiger partial charge in [0.15, 0.2) is 0 Å². The van der Waals surface area contributed by atoms with Crippen LogP contribution in [0.15, 0.2) is 18.2 Å². The summed E-state index contributed by atoms with van der Waals surface area (Å²) in [6.45, 7) is 2.21. The van der Waals surface area contributed by atoms with Crippen molar-refractivity contribution in [1.82, 2.24) is 10.2 Å². The summed E-state index contributed by atoms with van der Waals surface area (Å²) in [6, 6.07) is 3.94. The van der Waals surface area contributed by atoms with Gasteiger partial charge in [0.1, 0.15) is 6.04 Å². The summed E-state index contributed by atoms with van der Waals surface area (Å²) in [4.78, 5) is 52.0. The van der Waals surface area contributed by atoms with Gasteiger partial charge in [-0.1, -0.05) is 0 Å². The fraction of sp³-hybridized carbons (Fsp3) is 0.444. The maximum absolute atomic E-state index is 12.9. The summed E-state index contributed by atoms with van der Waals surface area (Å²) in [6.07, 6.45) is 0.238. The highest BCUT2D eigenvalue weighted by Crippen LogP contribution is 2.30. The topological polar surface area (TPSA) is 122 Å². The van der Waals surface area contributed by atoms with E-state index in [1.807, 2.05) is 4.90 Å². The predicted octanol–water partition coefficient (Wildman–Crippen LogP) is -0.748. The van der Waals surface area contributed by atoms with Gasteiger partial charge in [0.2, 0.25) is 11.8 Å². The van der Waals surface area contributed by atoms with E-state index in [9.17, 15) is 19.2 Å². The lowest BCUT2D eigenvalue weighted by molar-refractivity contribution is -0.136. The molecule has 142 valence electrons. The second kappa shape index (κ2) is 6.75. The average Bonchev–Trinajstić information content (AvgIpc) is 2.78. The van der Waals surface area contributed by atoms with Gasteiger partial charge in [0.05, 0.1) is 24.3 Å². The molecule has 0 radical (unpaired) electrons. The van der Waals surface area contributed by atoms with Crippen molar-refractivity contribution in [3.8, 4) is 0 Å². The summed E-state index contributed by atoms with van der Waals surface area (Å²) in [5.41, 5.74) is 7.31. The van der Waals surface area contributed by atoms with Crippen molar-refractivity contribution in [3.05, 3.63) is 29.3 Å². The molecule has 0 aliphatic carbocycles. The Balaban J connectivity index is 1.62. The number of hydrogen-bond acceptors (Lipinski definition) is 7. The number of carbonyl (C=O) groups is 4. The van der Waals surface area contributed by atoms with Crippen LogP contribution in [-0.4, -0.2) is 66.9 Å². The summed E-state index contributed by atoms with van der Waals surface area (Å²) < 4.78 is 5.44. The summed E-state index contributed by atoms with van der Waals surface area (Å²) in [7, 11) is 0. The van der Waals surface area contributed by atoms with E-state index in [0.29, 0.717) is 26.3 Å². The third-order valence-electron chi connectivity index (χ3n) is 5.08. The molecular formula is C18H20N4O5. The Labute approximate surface area is 155 Å². The number of amides is 4. The summed E-state index contributed by atoms with van der Waals surface area (Å²) in [5.74, 6) is -2.03. The van der Waals surface area contributed by atoms with Crippen molar-refractivity contribution in [2.24, 2.45) is 5.73 Å². The van der Waals surface area contributed by atoms with E-state index in [1.165, 1.54) is 0 Å². The summed E-state index contributed by atoms with van der Waals surface area (Å²) in [5, 5.41) is 2.19. The molecule has 0 saturated carbocycles. The number of carbonyl (C=O) groups excluding carboxylic acids is 4. The minimum absolute atomic E-state index is 0.0979. The van der Waals surface area contributed by atoms with Gasteiger partial charge in [0.25, 0.3) is 11.8 Å². The van der Waals surface area contributed by atoms with E-state index in [0.717, 1.165) is 10.6 Å². The average molecular weight is 372 g/mol. The van der Waals surface area contributed by atoms with Crippen LogP contribution in [0.4, 0.5) is 5.69 Å². The predicted molar refractivity (Wildman–Crippen MR) is 94.1 cm³/mol. The molecule has 2 atom stereocenters. The molecule has 4 amide bonds. The molecular weight excluding hydrogens is 352 g/mol. The smallest absolute Gasteiger partial charge is 0.262 e. The van der Waals surface area contributed by atoms with E-state index in [4.69, 9.17) is 10.5 Å². The zero-order valence-electron chi connectivity index (χ0n) is 14.6. The molecule has 27 heavy (non-hydrogen) atoms. The van der Waals surface area contributed by atoms with Crippen molar-refractivity contribution < 1.29 is 23.9 Å². The number of ether oxygens (including phenoxy) is 1. The van der Waals surface area contributed by atoms with Gasteiger partial charge in [-0.15, -0.1) is 0 Å². The molecule has 3 N–H and O–H groups in total. The number of hydrogen-bond donors (Lipinski definition) is 2. The number of nitrogens with zero attached hydrogens (tertiary/aromatic N) is 2. The Morgan fingerprint density at radius 2 is 1.89 bits per heavy atom. The highest BCUT2D eigenvalue weighted by atomic mass is 16.5. The van der Waals surface area contributed by atoms with Crippen LogP contribution in [0.3, 0.4) is 0 Å². The lowest BCUT2D eigenvalue weighted by Gasteiger charge is -2.27. The molecule has 2 fully saturated rings. The van der Waals surface area contributed by atoms with Gasteiger partial charge in [0, 0.05) is 31.2 Å². The minimum atomic E-state index is -0.960. The van der Waals surface area contributed by atoms with Gasteiger partial charge < -0.3 is 15.4 Å². The van der Waals surface area contributed by atoms with Gasteiger partial charge >= 0.3 is 0 Å². The maximum atomic E-state index is 12.9. The molecule has 9 nitrogen and oxygen atoms in total. The van der Waals surface area contributed by atoms with Crippen LogP contribution < -0.4 is 16.0 Å². The Hall–Kier alpha value is -2.78. The van der Waals surface area contributed by atoms with Crippen LogP contribution in [-0.2, 0) is 14.3 Å². The zero-order valence-corrected chi connectivity index (χ0v) is 14.6. The fourth-order valence-corrected chi connectivity index (χ4v) is 3.73. The molecule has 4 rings (SSSR count). The molecule has 9 heteroatoms. The highest BCUT2D eigenvalue weighted by Gasteiger charge is 2.44. The van der Waals surface area contributed by atoms with E-state index in [-0.39, 0.29) is 30.0 Å². The number of piperidine rings is 1. The molecule has 2 saturated heterocycles. The monoisotopic (exact) mass is 372 g/mol. The fourth-order valence-electron chi connectivity index (χ4n) is 3.73. The quantitative estimate of drug-likeness (QED) is 0.655. The van der Waals surface area contributed by atoms with Crippen molar-refractivity contribution in [2.45, 2.75) is 24.9 Å². The van der Waals surface area contributed by atoms with Crippen LogP contribution in [0.25, 0.3) is 0 Å². The van der Waals surface area contributed by atoms with Gasteiger partial charge in [-0.25, -0.2) is 0 Å². The minimum Gasteiger partial charge on any atom is -0.378 e. The second-order valence-electron chi connectivity index (χ2n) is 6.96. The Kier molecular flexibility index (Phi) is 4.40. The molecule has 3 aliphatic heterocycles. The lowest BCUT2D eigenvalue weighted by atomic mass is 10.0. The van der Waals surface area contributed by atoms with Crippen molar-refractivity contribution in [2.75, 3.05) is 31.2 Å². The maximum Gasteiger partial charge on any atom is 0.262 e. The molecule has 0 spiro atoms. The molecule has 3 heterocycles. The van der Waals surface area contributed by atoms with Crippen molar-refractivity contribution >= 4 is 29.3 Å². The number of anilines is 1. The Morgan fingerprint density at radius 1 is 1.11 bits per heavy atom. The standard InChI is InChI=1S/C18H20N4O5/c19-10-8-21(5-6-27-9-10)11-1-2-12-13(7-11)18(26)22(17(12)25)14-3-4-15(23)20-16(14)24/h1-2,7,10,14H,3-6,8-9,19H2,(H,20,23,24). The van der Waals surface area contributed by atoms with Gasteiger partial charge in [-0.2, -0.15) is 0 Å². The van der Waals surface area contributed by atoms with Gasteiger partial charge in [-0.3, -0.25) is 29.4 Å². The highest BCUT2D eigenvalue weighted by molar-refractivity contribution is 6.23. The molecule has 2 unspecified atom stereocenters. The number of benzene rings is 1. The van der Waals surface area contributed by atoms with E-state index in [2.05, 4.69) is 5.32 Å². The van der Waals surface area contributed by atoms with Crippen LogP contribution >= 0.6 is 0 Å². The van der Waals surface area contributed by atoms with E-state index in [1.54, 1.807) is 18.2 Å². The largest absolute Gasteiger partial charge is 0.378 e. The van der Waals surface area contributed by atoms with E-state index < -0.39 is 29.7 Å². The molecule has 0 aromatic heterocycles. The Bertz CT molecular complexity index is 839. The number of rotatable bonds is 2. The van der Waals surface area contributed by atoms with Gasteiger partial charge in [-0.05, 0) is 24.6 Å². The lowest BCUT2D eigenvalue weighted by Crippen LogP contribution is -2.54. The number of nitrogens with one attached hydrogen (secondary N) is 1. The van der Waals surface area contributed by atoms with Crippen molar-refractivity contribution in [1.29, 1.82) is 0 Å². The zero-order chi connectivity index (χ0) is 19.1. The number of fused-ring (bicyclic) bond motifs is 1. The second-order valence-corrected chi connectivity index (χ2v) is 6.96. The van der Waals surface area contributed by atoms with Crippen molar-refractivity contribution in [3.63, 3.8) is 0 Å². The summed E-state index contributed by atoms with van der Waals surface area (Å²) >= 11 is 0. The van der Waals surface area contributed by atoms with Crippen LogP contribution in [0, 0.1) is 0 Å². The number of nitrogens with two attached hydrogens (primary N) is 1. The number of imide groups is 2. The normalized spacial score (nSPS) is 26.1. The van der Waals surface area contributed by atoms with Crippen LogP contribution in [0.1, 0.15) is 33.6 Å². The third-order valence-corrected chi connectivity index (χ3v) is 5.08. The molecule has 1 aromatic carbocycles. The SMILES string of the molecule is NC1COCCN(c2ccc3c(c2)C(=O)N(C2CCC(=O)NC2=O)C3=O)C1. The Morgan fingerprint density at radius 3 is 2.67 bits per heavy atom. The molecule has 3 aliphatic rings. The first kappa shape index (κ1) is 17.6. The molecule has 1 aromatic rings. The van der Waals surface area contributed by atoms with Crippen LogP contribution in [0.5, 0.6) is 0 Å². The van der Waals surface area contributed by atoms with Crippen LogP contribution in [0.2, 0.25) is 0 Å². The van der Waals surface area contributed by atoms with E-state index >= 15 is 0 Å². The molecule has 0 bridgehead atoms. The first-order valence-electron chi connectivity index (χ1n) is 8.89. The third kappa shape index (κ3) is 3.08. The first-order chi connectivity index (χ1) is 13.0. The first-order valence-corrected chi connectivity index (χ1v) is 8.89.